The van der Waals surface area contributed by atoms with E-state index >= 15 is 0 Å². The fraction of sp³-hybridized carbons (Fsp3) is 0.647. The number of hydrogen-bond acceptors (Lipinski definition) is 1. The highest BCUT2D eigenvalue weighted by Crippen LogP contribution is 2.44. The average molecular weight is 245 g/mol. The highest BCUT2D eigenvalue weighted by Gasteiger charge is 2.40. The Morgan fingerprint density at radius 3 is 2.17 bits per heavy atom. The normalized spacial score (nSPS) is 21.8. The van der Waals surface area contributed by atoms with Gasteiger partial charge in [0.25, 0.3) is 0 Å². The fourth-order valence-electron chi connectivity index (χ4n) is 3.22. The van der Waals surface area contributed by atoms with Crippen LogP contribution in [0.2, 0.25) is 0 Å². The highest BCUT2D eigenvalue weighted by atomic mass is 15.2. The Kier molecular flexibility index (Phi) is 3.31. The first-order chi connectivity index (χ1) is 8.21. The van der Waals surface area contributed by atoms with Crippen molar-refractivity contribution in [2.75, 3.05) is 6.54 Å². The molecule has 2 rings (SSSR count). The topological polar surface area (TPSA) is 3.24 Å². The largest absolute Gasteiger partial charge is 0.291 e. The molecular formula is C17H27N. The minimum absolute atomic E-state index is 0.228. The third kappa shape index (κ3) is 2.47. The van der Waals surface area contributed by atoms with Crippen LogP contribution in [0.15, 0.2) is 24.3 Å². The molecule has 0 bridgehead atoms. The summed E-state index contributed by atoms with van der Waals surface area (Å²) in [5.41, 5.74) is 3.57. The van der Waals surface area contributed by atoms with Crippen molar-refractivity contribution in [2.24, 2.45) is 5.41 Å². The Morgan fingerprint density at radius 1 is 1.00 bits per heavy atom. The van der Waals surface area contributed by atoms with Crippen LogP contribution in [0.5, 0.6) is 0 Å². The van der Waals surface area contributed by atoms with Gasteiger partial charge in [0, 0.05) is 18.1 Å². The van der Waals surface area contributed by atoms with Crippen LogP contribution < -0.4 is 0 Å². The van der Waals surface area contributed by atoms with Crippen molar-refractivity contribution in [2.45, 2.75) is 59.5 Å². The van der Waals surface area contributed by atoms with Gasteiger partial charge < -0.3 is 0 Å². The van der Waals surface area contributed by atoms with E-state index < -0.39 is 0 Å². The van der Waals surface area contributed by atoms with E-state index in [0.29, 0.717) is 6.04 Å². The first kappa shape index (κ1) is 13.6. The summed E-state index contributed by atoms with van der Waals surface area (Å²) in [6.45, 7) is 15.2. The molecule has 0 amide bonds. The van der Waals surface area contributed by atoms with E-state index in [2.05, 4.69) is 70.7 Å². The van der Waals surface area contributed by atoms with Crippen LogP contribution >= 0.6 is 0 Å². The third-order valence-electron chi connectivity index (χ3n) is 3.97. The molecule has 0 N–H and O–H groups in total. The van der Waals surface area contributed by atoms with E-state index in [1.807, 2.05) is 0 Å². The van der Waals surface area contributed by atoms with Crippen molar-refractivity contribution in [3.05, 3.63) is 35.4 Å². The maximum Gasteiger partial charge on any atom is 0.0404 e. The molecule has 1 atom stereocenters. The van der Waals surface area contributed by atoms with Gasteiger partial charge in [-0.05, 0) is 43.7 Å². The van der Waals surface area contributed by atoms with Crippen LogP contribution in [0.3, 0.4) is 0 Å². The van der Waals surface area contributed by atoms with Crippen LogP contribution in [0.25, 0.3) is 0 Å². The van der Waals surface area contributed by atoms with E-state index in [-0.39, 0.29) is 11.0 Å². The van der Waals surface area contributed by atoms with Crippen molar-refractivity contribution in [3.8, 4) is 0 Å². The van der Waals surface area contributed by atoms with Crippen molar-refractivity contribution in [1.29, 1.82) is 0 Å². The number of nitrogens with zero attached hydrogens (tertiary/aromatic N) is 1. The summed E-state index contributed by atoms with van der Waals surface area (Å²) in [7, 11) is 0. The molecule has 1 unspecified atom stereocenters. The molecule has 1 nitrogen and oxygen atoms in total. The van der Waals surface area contributed by atoms with Gasteiger partial charge in [0.15, 0.2) is 0 Å². The molecule has 1 aliphatic heterocycles. The first-order valence-electron chi connectivity index (χ1n) is 7.06. The molecule has 100 valence electrons. The maximum atomic E-state index is 2.68. The van der Waals surface area contributed by atoms with Gasteiger partial charge in [-0.15, -0.1) is 0 Å². The summed E-state index contributed by atoms with van der Waals surface area (Å²) in [6, 6.07) is 9.49. The lowest BCUT2D eigenvalue weighted by molar-refractivity contribution is 0.0132. The molecule has 0 aromatic heterocycles. The second kappa shape index (κ2) is 4.38. The molecule has 1 aliphatic rings. The molecule has 0 spiro atoms. The molecule has 1 heterocycles. The molecule has 1 heteroatoms. The van der Waals surface area contributed by atoms with E-state index in [4.69, 9.17) is 0 Å². The maximum absolute atomic E-state index is 2.68. The lowest BCUT2D eigenvalue weighted by atomic mass is 9.75. The van der Waals surface area contributed by atoms with Crippen LogP contribution in [0, 0.1) is 5.41 Å². The van der Waals surface area contributed by atoms with E-state index in [1.54, 1.807) is 0 Å². The molecule has 0 saturated carbocycles. The number of rotatable bonds is 0. The van der Waals surface area contributed by atoms with Gasteiger partial charge in [0.1, 0.15) is 0 Å². The van der Waals surface area contributed by atoms with Crippen molar-refractivity contribution in [3.63, 3.8) is 0 Å². The Hall–Kier alpha value is -0.820. The lowest BCUT2D eigenvalue weighted by Gasteiger charge is -2.50. The van der Waals surface area contributed by atoms with Gasteiger partial charge in [0.05, 0.1) is 0 Å². The van der Waals surface area contributed by atoms with E-state index in [1.165, 1.54) is 24.1 Å². The second-order valence-electron chi connectivity index (χ2n) is 7.58. The van der Waals surface area contributed by atoms with Crippen LogP contribution in [0.1, 0.15) is 58.7 Å². The van der Waals surface area contributed by atoms with Gasteiger partial charge in [-0.1, -0.05) is 45.0 Å². The molecule has 0 radical (unpaired) electrons. The lowest BCUT2D eigenvalue weighted by Crippen LogP contribution is -2.51. The molecular weight excluding hydrogens is 218 g/mol. The van der Waals surface area contributed by atoms with E-state index in [9.17, 15) is 0 Å². The summed E-state index contributed by atoms with van der Waals surface area (Å²) in [5.74, 6) is 0. The SMILES string of the molecule is CC(C)(C)C1c2ccccc2CCN1C(C)(C)C. The molecule has 1 aromatic rings. The van der Waals surface area contributed by atoms with Gasteiger partial charge in [-0.2, -0.15) is 0 Å². The minimum Gasteiger partial charge on any atom is -0.291 e. The molecule has 0 fully saturated rings. The van der Waals surface area contributed by atoms with Gasteiger partial charge in [-0.25, -0.2) is 0 Å². The summed E-state index contributed by atoms with van der Waals surface area (Å²) >= 11 is 0. The second-order valence-corrected chi connectivity index (χ2v) is 7.58. The van der Waals surface area contributed by atoms with E-state index in [0.717, 1.165) is 0 Å². The summed E-state index contributed by atoms with van der Waals surface area (Å²) in [4.78, 5) is 2.68. The van der Waals surface area contributed by atoms with Crippen LogP contribution in [-0.2, 0) is 6.42 Å². The van der Waals surface area contributed by atoms with Crippen molar-refractivity contribution in [1.82, 2.24) is 4.90 Å². The zero-order chi connectivity index (χ0) is 13.6. The van der Waals surface area contributed by atoms with Crippen LogP contribution in [-0.4, -0.2) is 17.0 Å². The number of benzene rings is 1. The highest BCUT2D eigenvalue weighted by molar-refractivity contribution is 5.34. The van der Waals surface area contributed by atoms with Crippen molar-refractivity contribution >= 4 is 0 Å². The quantitative estimate of drug-likeness (QED) is 0.653. The fourth-order valence-corrected chi connectivity index (χ4v) is 3.22. The third-order valence-corrected chi connectivity index (χ3v) is 3.97. The minimum atomic E-state index is 0.228. The predicted octanol–water partition coefficient (Wildman–Crippen LogP) is 4.43. The van der Waals surface area contributed by atoms with Crippen molar-refractivity contribution < 1.29 is 0 Å². The monoisotopic (exact) mass is 245 g/mol. The number of hydrogen-bond donors (Lipinski definition) is 0. The zero-order valence-electron chi connectivity index (χ0n) is 12.7. The zero-order valence-corrected chi connectivity index (χ0v) is 12.7. The summed E-state index contributed by atoms with van der Waals surface area (Å²) in [5, 5.41) is 0. The number of fused-ring (bicyclic) bond motifs is 1. The van der Waals surface area contributed by atoms with Gasteiger partial charge in [-0.3, -0.25) is 4.90 Å². The first-order valence-corrected chi connectivity index (χ1v) is 7.06. The summed E-state index contributed by atoms with van der Waals surface area (Å²) < 4.78 is 0. The summed E-state index contributed by atoms with van der Waals surface area (Å²) in [6.07, 6.45) is 1.18. The predicted molar refractivity (Wildman–Crippen MR) is 78.8 cm³/mol. The van der Waals surface area contributed by atoms with Crippen LogP contribution in [0.4, 0.5) is 0 Å². The Balaban J connectivity index is 2.50. The van der Waals surface area contributed by atoms with Gasteiger partial charge >= 0.3 is 0 Å². The Labute approximate surface area is 112 Å². The molecule has 18 heavy (non-hydrogen) atoms. The Morgan fingerprint density at radius 2 is 1.61 bits per heavy atom. The van der Waals surface area contributed by atoms with Gasteiger partial charge in [0.2, 0.25) is 0 Å². The average Bonchev–Trinajstić information content (AvgIpc) is 2.24. The molecule has 0 saturated heterocycles. The smallest absolute Gasteiger partial charge is 0.0404 e. The molecule has 1 aromatic carbocycles. The Bertz CT molecular complexity index is 420. The standard InChI is InChI=1S/C17H27N/c1-16(2,3)15-14-10-8-7-9-13(14)11-12-18(15)17(4,5)6/h7-10,15H,11-12H2,1-6H3. The molecule has 0 aliphatic carbocycles.